The fourth-order valence-electron chi connectivity index (χ4n) is 4.87. The molecule has 0 radical (unpaired) electrons. The van der Waals surface area contributed by atoms with Crippen molar-refractivity contribution in [2.24, 2.45) is 11.5 Å². The van der Waals surface area contributed by atoms with Crippen molar-refractivity contribution in [3.8, 4) is 5.69 Å². The molecule has 1 aromatic carbocycles. The van der Waals surface area contributed by atoms with Gasteiger partial charge in [0.15, 0.2) is 0 Å². The third-order valence-corrected chi connectivity index (χ3v) is 7.10. The Morgan fingerprint density at radius 2 is 1.68 bits per heavy atom. The molecule has 208 valence electrons. The number of aromatic nitrogens is 2. The summed E-state index contributed by atoms with van der Waals surface area (Å²) in [6.45, 7) is 8.94. The molecule has 11 nitrogen and oxygen atoms in total. The Kier molecular flexibility index (Phi) is 9.53. The number of nitrogens with one attached hydrogen (secondary N) is 1. The first kappa shape index (κ1) is 29.6. The summed E-state index contributed by atoms with van der Waals surface area (Å²) < 4.78 is 1.45. The smallest absolute Gasteiger partial charge is 0.338 e. The lowest BCUT2D eigenvalue weighted by Gasteiger charge is -2.37. The highest BCUT2D eigenvalue weighted by Gasteiger charge is 2.31. The van der Waals surface area contributed by atoms with Crippen LogP contribution in [0.25, 0.3) is 5.69 Å². The van der Waals surface area contributed by atoms with E-state index in [-0.39, 0.29) is 36.2 Å². The van der Waals surface area contributed by atoms with Crippen molar-refractivity contribution in [1.82, 2.24) is 24.3 Å². The third-order valence-electron chi connectivity index (χ3n) is 7.10. The van der Waals surface area contributed by atoms with Gasteiger partial charge < -0.3 is 21.3 Å². The molecule has 2 unspecified atom stereocenters. The van der Waals surface area contributed by atoms with E-state index in [9.17, 15) is 14.4 Å². The maximum absolute atomic E-state index is 12.7. The van der Waals surface area contributed by atoms with E-state index in [1.165, 1.54) is 10.1 Å². The molecule has 2 saturated heterocycles. The van der Waals surface area contributed by atoms with Gasteiger partial charge in [-0.1, -0.05) is 12.1 Å². The van der Waals surface area contributed by atoms with E-state index in [2.05, 4.69) is 22.1 Å². The molecule has 2 fully saturated rings. The molecular formula is C26H39ClN8O3. The zero-order valence-corrected chi connectivity index (χ0v) is 23.1. The van der Waals surface area contributed by atoms with Gasteiger partial charge in [-0.15, -0.1) is 12.4 Å². The highest BCUT2D eigenvalue weighted by atomic mass is 35.5. The average Bonchev–Trinajstić information content (AvgIpc) is 2.85. The molecule has 5 N–H and O–H groups in total. The van der Waals surface area contributed by atoms with Gasteiger partial charge in [0.05, 0.1) is 11.2 Å². The normalized spacial score (nSPS) is 20.6. The van der Waals surface area contributed by atoms with E-state index in [4.69, 9.17) is 11.5 Å². The Hall–Kier alpha value is -2.99. The molecule has 3 amide bonds. The molecule has 3 heterocycles. The van der Waals surface area contributed by atoms with E-state index >= 15 is 0 Å². The minimum atomic E-state index is -0.945. The van der Waals surface area contributed by atoms with Crippen molar-refractivity contribution in [1.29, 1.82) is 0 Å². The van der Waals surface area contributed by atoms with Crippen LogP contribution in [-0.4, -0.2) is 86.5 Å². The number of likely N-dealkylation sites (tertiary alicyclic amines) is 1. The summed E-state index contributed by atoms with van der Waals surface area (Å²) in [4.78, 5) is 47.4. The Morgan fingerprint density at radius 3 is 2.26 bits per heavy atom. The van der Waals surface area contributed by atoms with Crippen molar-refractivity contribution < 1.29 is 9.59 Å². The second kappa shape index (κ2) is 12.2. The Morgan fingerprint density at radius 1 is 1.05 bits per heavy atom. The molecule has 2 aliphatic heterocycles. The molecule has 0 saturated carbocycles. The van der Waals surface area contributed by atoms with Gasteiger partial charge in [0.2, 0.25) is 5.91 Å². The molecule has 0 spiro atoms. The molecule has 2 aromatic rings. The van der Waals surface area contributed by atoms with Crippen molar-refractivity contribution >= 4 is 30.2 Å². The van der Waals surface area contributed by atoms with Crippen LogP contribution in [-0.2, 0) is 11.3 Å². The molecule has 2 atom stereocenters. The van der Waals surface area contributed by atoms with Gasteiger partial charge in [0, 0.05) is 57.5 Å². The van der Waals surface area contributed by atoms with Gasteiger partial charge in [0.25, 0.3) is 0 Å². The lowest BCUT2D eigenvalue weighted by atomic mass is 9.98. The van der Waals surface area contributed by atoms with Crippen LogP contribution in [0.15, 0.2) is 41.3 Å². The number of halogens is 1. The number of rotatable bonds is 5. The van der Waals surface area contributed by atoms with E-state index in [0.29, 0.717) is 37.9 Å². The minimum Gasteiger partial charge on any atom is -0.338 e. The first-order valence-electron chi connectivity index (χ1n) is 12.8. The summed E-state index contributed by atoms with van der Waals surface area (Å²) in [6.07, 6.45) is 3.62. The van der Waals surface area contributed by atoms with E-state index in [0.717, 1.165) is 25.9 Å². The summed E-state index contributed by atoms with van der Waals surface area (Å²) in [7, 11) is 0. The van der Waals surface area contributed by atoms with Gasteiger partial charge in [-0.2, -0.15) is 4.98 Å². The van der Waals surface area contributed by atoms with E-state index < -0.39 is 11.2 Å². The number of nitrogens with zero attached hydrogens (tertiary/aromatic N) is 5. The number of carbonyl (C=O) groups is 2. The topological polar surface area (TPSA) is 143 Å². The predicted molar refractivity (Wildman–Crippen MR) is 150 cm³/mol. The largest absolute Gasteiger partial charge is 0.354 e. The van der Waals surface area contributed by atoms with Gasteiger partial charge in [-0.05, 0) is 57.4 Å². The zero-order chi connectivity index (χ0) is 26.7. The van der Waals surface area contributed by atoms with E-state index in [1.54, 1.807) is 35.9 Å². The van der Waals surface area contributed by atoms with Gasteiger partial charge in [-0.25, -0.2) is 9.59 Å². The van der Waals surface area contributed by atoms with Crippen molar-refractivity contribution in [2.75, 3.05) is 38.0 Å². The third kappa shape index (κ3) is 7.10. The lowest BCUT2D eigenvalue weighted by Crippen LogP contribution is -2.58. The van der Waals surface area contributed by atoms with Crippen LogP contribution >= 0.6 is 12.4 Å². The highest BCUT2D eigenvalue weighted by Crippen LogP contribution is 2.19. The molecule has 0 aliphatic carbocycles. The number of anilines is 1. The van der Waals surface area contributed by atoms with Gasteiger partial charge in [0.1, 0.15) is 5.82 Å². The van der Waals surface area contributed by atoms with Crippen molar-refractivity contribution in [2.45, 2.75) is 57.8 Å². The number of hydrogen-bond donors (Lipinski definition) is 3. The summed E-state index contributed by atoms with van der Waals surface area (Å²) >= 11 is 0. The summed E-state index contributed by atoms with van der Waals surface area (Å²) in [5.74, 6) is 0.0402. The van der Waals surface area contributed by atoms with Crippen LogP contribution in [0, 0.1) is 0 Å². The maximum atomic E-state index is 12.7. The van der Waals surface area contributed by atoms with Crippen LogP contribution in [0.3, 0.4) is 0 Å². The number of piperazine rings is 1. The summed E-state index contributed by atoms with van der Waals surface area (Å²) in [5.41, 5.74) is 12.4. The van der Waals surface area contributed by atoms with Crippen LogP contribution < -0.4 is 22.5 Å². The highest BCUT2D eigenvalue weighted by molar-refractivity contribution is 5.89. The van der Waals surface area contributed by atoms with E-state index in [1.807, 2.05) is 24.3 Å². The molecular weight excluding hydrogens is 508 g/mol. The first-order chi connectivity index (χ1) is 17.5. The Balaban J connectivity index is 0.00000400. The fraction of sp³-hybridized carbons (Fsp3) is 0.538. The van der Waals surface area contributed by atoms with Crippen LogP contribution in [0.2, 0.25) is 0 Å². The van der Waals surface area contributed by atoms with Crippen LogP contribution in [0.1, 0.15) is 39.2 Å². The summed E-state index contributed by atoms with van der Waals surface area (Å²) in [5, 5.41) is 2.69. The molecule has 1 aromatic heterocycles. The SMILES string of the molecule is CC1CC(N)CCN1Cc1ccc(-n2ccc(NC(=O)N3CCN(C(=O)C(C)(C)N)CC3)nc2=O)cc1.Cl. The number of hydrogen-bond acceptors (Lipinski definition) is 7. The second-order valence-electron chi connectivity index (χ2n) is 10.7. The minimum absolute atomic E-state index is 0. The van der Waals surface area contributed by atoms with Crippen LogP contribution in [0.4, 0.5) is 10.6 Å². The number of amides is 3. The first-order valence-corrected chi connectivity index (χ1v) is 12.8. The molecule has 12 heteroatoms. The molecule has 0 bridgehead atoms. The quantitative estimate of drug-likeness (QED) is 0.514. The molecule has 2 aliphatic rings. The van der Waals surface area contributed by atoms with Gasteiger partial charge in [-0.3, -0.25) is 19.6 Å². The fourth-order valence-corrected chi connectivity index (χ4v) is 4.87. The summed E-state index contributed by atoms with van der Waals surface area (Å²) in [6, 6.07) is 9.82. The van der Waals surface area contributed by atoms with Crippen LogP contribution in [0.5, 0.6) is 0 Å². The van der Waals surface area contributed by atoms with Gasteiger partial charge >= 0.3 is 11.7 Å². The number of benzene rings is 1. The Labute approximate surface area is 229 Å². The monoisotopic (exact) mass is 546 g/mol. The standard InChI is InChI=1S/C26H38N8O3.ClH/c1-18-16-20(27)8-10-33(18)17-19-4-6-21(7-5-19)34-11-9-22(30-25(34)37)29-24(36)32-14-12-31(13-15-32)23(35)26(2,3)28;/h4-7,9,11,18,20H,8,10,12-17,27-28H2,1-3H3,(H,29,30,36,37);1H. The zero-order valence-electron chi connectivity index (χ0n) is 22.3. The molecule has 38 heavy (non-hydrogen) atoms. The maximum Gasteiger partial charge on any atom is 0.354 e. The second-order valence-corrected chi connectivity index (χ2v) is 10.7. The predicted octanol–water partition coefficient (Wildman–Crippen LogP) is 1.38. The number of nitrogens with two attached hydrogens (primary N) is 2. The Bertz CT molecular complexity index is 1170. The molecule has 4 rings (SSSR count). The van der Waals surface area contributed by atoms with Crippen molar-refractivity contribution in [3.63, 3.8) is 0 Å². The average molecular weight is 547 g/mol. The van der Waals surface area contributed by atoms with Crippen molar-refractivity contribution in [3.05, 3.63) is 52.6 Å². The number of urea groups is 1. The number of carbonyl (C=O) groups excluding carboxylic acids is 2. The lowest BCUT2D eigenvalue weighted by molar-refractivity contribution is -0.137. The number of piperidine rings is 1.